The Kier molecular flexibility index (Phi) is 3.87. The number of nitrogens with zero attached hydrogens (tertiary/aromatic N) is 1. The van der Waals surface area contributed by atoms with Gasteiger partial charge in [0.05, 0.1) is 0 Å². The van der Waals surface area contributed by atoms with Crippen molar-refractivity contribution in [1.82, 2.24) is 0 Å². The van der Waals surface area contributed by atoms with Crippen molar-refractivity contribution < 1.29 is 14.0 Å². The van der Waals surface area contributed by atoms with Crippen molar-refractivity contribution in [1.29, 1.82) is 0 Å². The van der Waals surface area contributed by atoms with Crippen LogP contribution in [0.5, 0.6) is 0 Å². The van der Waals surface area contributed by atoms with Gasteiger partial charge in [0.1, 0.15) is 5.82 Å². The number of hydrogen-bond acceptors (Lipinski definition) is 2. The lowest BCUT2D eigenvalue weighted by atomic mass is 10.1. The zero-order chi connectivity index (χ0) is 15.5. The van der Waals surface area contributed by atoms with Gasteiger partial charge in [0.2, 0.25) is 5.91 Å². The van der Waals surface area contributed by atoms with Crippen LogP contribution in [0, 0.1) is 5.82 Å². The number of benzene rings is 2. The quantitative estimate of drug-likeness (QED) is 0.946. The number of anilines is 2. The average molecular weight is 298 g/mol. The van der Waals surface area contributed by atoms with Crippen LogP contribution in [0.2, 0.25) is 0 Å². The smallest absolute Gasteiger partial charge is 0.255 e. The summed E-state index contributed by atoms with van der Waals surface area (Å²) < 4.78 is 12.9. The second-order valence-electron chi connectivity index (χ2n) is 5.16. The molecule has 2 aromatic carbocycles. The molecule has 1 aliphatic heterocycles. The SMILES string of the molecule is O=C(Nc1ccc(F)cc1)c1cccc(N2CCCC2=O)c1. The number of carbonyl (C=O) groups excluding carboxylic acids is 2. The highest BCUT2D eigenvalue weighted by atomic mass is 19.1. The minimum absolute atomic E-state index is 0.0797. The van der Waals surface area contributed by atoms with Gasteiger partial charge >= 0.3 is 0 Å². The maximum atomic E-state index is 12.9. The predicted octanol–water partition coefficient (Wildman–Crippen LogP) is 3.20. The highest BCUT2D eigenvalue weighted by molar-refractivity contribution is 6.05. The van der Waals surface area contributed by atoms with Crippen molar-refractivity contribution in [3.63, 3.8) is 0 Å². The first-order valence-electron chi connectivity index (χ1n) is 7.11. The molecule has 2 amide bonds. The van der Waals surface area contributed by atoms with E-state index in [0.29, 0.717) is 24.2 Å². The molecule has 1 saturated heterocycles. The zero-order valence-electron chi connectivity index (χ0n) is 11.9. The van der Waals surface area contributed by atoms with Crippen LogP contribution in [0.3, 0.4) is 0 Å². The molecule has 0 aliphatic carbocycles. The normalized spacial score (nSPS) is 14.2. The van der Waals surface area contributed by atoms with Gasteiger partial charge in [0.25, 0.3) is 5.91 Å². The van der Waals surface area contributed by atoms with Crippen LogP contribution in [0.1, 0.15) is 23.2 Å². The third kappa shape index (κ3) is 2.98. The van der Waals surface area contributed by atoms with E-state index in [2.05, 4.69) is 5.32 Å². The van der Waals surface area contributed by atoms with E-state index in [1.807, 2.05) is 6.07 Å². The first kappa shape index (κ1) is 14.3. The highest BCUT2D eigenvalue weighted by Gasteiger charge is 2.22. The number of hydrogen-bond donors (Lipinski definition) is 1. The summed E-state index contributed by atoms with van der Waals surface area (Å²) >= 11 is 0. The molecule has 0 atom stereocenters. The van der Waals surface area contributed by atoms with E-state index in [-0.39, 0.29) is 17.6 Å². The van der Waals surface area contributed by atoms with Crippen LogP contribution in [0.15, 0.2) is 48.5 Å². The summed E-state index contributed by atoms with van der Waals surface area (Å²) in [5.74, 6) is -0.566. The molecule has 2 aromatic rings. The molecule has 4 nitrogen and oxygen atoms in total. The molecule has 0 saturated carbocycles. The van der Waals surface area contributed by atoms with Gasteiger partial charge in [-0.2, -0.15) is 0 Å². The molecule has 1 aliphatic rings. The van der Waals surface area contributed by atoms with Crippen molar-refractivity contribution in [3.05, 3.63) is 59.9 Å². The molecule has 112 valence electrons. The van der Waals surface area contributed by atoms with Crippen LogP contribution in [-0.4, -0.2) is 18.4 Å². The monoisotopic (exact) mass is 298 g/mol. The van der Waals surface area contributed by atoms with E-state index in [9.17, 15) is 14.0 Å². The molecular formula is C17H15FN2O2. The second-order valence-corrected chi connectivity index (χ2v) is 5.16. The highest BCUT2D eigenvalue weighted by Crippen LogP contribution is 2.22. The molecule has 0 aromatic heterocycles. The molecule has 1 heterocycles. The summed E-state index contributed by atoms with van der Waals surface area (Å²) in [6.45, 7) is 0.682. The van der Waals surface area contributed by atoms with Gasteiger partial charge in [0, 0.05) is 29.9 Å². The maximum absolute atomic E-state index is 12.9. The third-order valence-electron chi connectivity index (χ3n) is 3.60. The number of nitrogens with one attached hydrogen (secondary N) is 1. The van der Waals surface area contributed by atoms with E-state index in [1.165, 1.54) is 24.3 Å². The average Bonchev–Trinajstić information content (AvgIpc) is 2.96. The first-order valence-corrected chi connectivity index (χ1v) is 7.11. The molecule has 0 radical (unpaired) electrons. The summed E-state index contributed by atoms with van der Waals surface area (Å²) in [6, 6.07) is 12.5. The van der Waals surface area contributed by atoms with Gasteiger partial charge in [-0.25, -0.2) is 4.39 Å². The second kappa shape index (κ2) is 5.97. The van der Waals surface area contributed by atoms with Gasteiger partial charge in [-0.3, -0.25) is 9.59 Å². The number of halogens is 1. The Hall–Kier alpha value is -2.69. The number of rotatable bonds is 3. The van der Waals surface area contributed by atoms with E-state index in [4.69, 9.17) is 0 Å². The molecule has 1 N–H and O–H groups in total. The van der Waals surface area contributed by atoms with Crippen LogP contribution in [0.25, 0.3) is 0 Å². The zero-order valence-corrected chi connectivity index (χ0v) is 11.9. The van der Waals surface area contributed by atoms with E-state index in [1.54, 1.807) is 23.1 Å². The fourth-order valence-electron chi connectivity index (χ4n) is 2.47. The van der Waals surface area contributed by atoms with Gasteiger partial charge in [-0.1, -0.05) is 6.07 Å². The van der Waals surface area contributed by atoms with Crippen molar-refractivity contribution in [2.75, 3.05) is 16.8 Å². The molecule has 1 fully saturated rings. The Balaban J connectivity index is 1.78. The summed E-state index contributed by atoms with van der Waals surface area (Å²) in [6.07, 6.45) is 1.39. The van der Waals surface area contributed by atoms with Crippen molar-refractivity contribution >= 4 is 23.2 Å². The van der Waals surface area contributed by atoms with Gasteiger partial charge in [0.15, 0.2) is 0 Å². The Labute approximate surface area is 127 Å². The van der Waals surface area contributed by atoms with E-state index >= 15 is 0 Å². The molecule has 5 heteroatoms. The lowest BCUT2D eigenvalue weighted by molar-refractivity contribution is -0.117. The third-order valence-corrected chi connectivity index (χ3v) is 3.60. The van der Waals surface area contributed by atoms with Crippen molar-refractivity contribution in [3.8, 4) is 0 Å². The van der Waals surface area contributed by atoms with E-state index in [0.717, 1.165) is 12.1 Å². The summed E-state index contributed by atoms with van der Waals surface area (Å²) in [5, 5.41) is 2.71. The fourth-order valence-corrected chi connectivity index (χ4v) is 2.47. The Morgan fingerprint density at radius 1 is 1.14 bits per heavy atom. The lowest BCUT2D eigenvalue weighted by Crippen LogP contribution is -2.24. The van der Waals surface area contributed by atoms with E-state index < -0.39 is 0 Å². The summed E-state index contributed by atoms with van der Waals surface area (Å²) in [5.41, 5.74) is 1.71. The van der Waals surface area contributed by atoms with Crippen LogP contribution in [-0.2, 0) is 4.79 Å². The molecule has 3 rings (SSSR count). The van der Waals surface area contributed by atoms with Gasteiger partial charge in [-0.15, -0.1) is 0 Å². The Bertz CT molecular complexity index is 713. The van der Waals surface area contributed by atoms with Gasteiger partial charge in [-0.05, 0) is 48.9 Å². The van der Waals surface area contributed by atoms with Crippen molar-refractivity contribution in [2.45, 2.75) is 12.8 Å². The van der Waals surface area contributed by atoms with Crippen LogP contribution >= 0.6 is 0 Å². The van der Waals surface area contributed by atoms with Gasteiger partial charge < -0.3 is 10.2 Å². The predicted molar refractivity (Wildman–Crippen MR) is 82.4 cm³/mol. The summed E-state index contributed by atoms with van der Waals surface area (Å²) in [7, 11) is 0. The summed E-state index contributed by atoms with van der Waals surface area (Å²) in [4.78, 5) is 25.7. The topological polar surface area (TPSA) is 49.4 Å². The molecule has 0 spiro atoms. The molecule has 22 heavy (non-hydrogen) atoms. The number of carbonyl (C=O) groups is 2. The minimum atomic E-state index is -0.354. The molecule has 0 bridgehead atoms. The molecular weight excluding hydrogens is 283 g/mol. The largest absolute Gasteiger partial charge is 0.322 e. The molecule has 0 unspecified atom stereocenters. The maximum Gasteiger partial charge on any atom is 0.255 e. The van der Waals surface area contributed by atoms with Crippen LogP contribution in [0.4, 0.5) is 15.8 Å². The van der Waals surface area contributed by atoms with Crippen molar-refractivity contribution in [2.24, 2.45) is 0 Å². The number of amides is 2. The fraction of sp³-hybridized carbons (Fsp3) is 0.176. The standard InChI is InChI=1S/C17H15FN2O2/c18-13-6-8-14(9-7-13)19-17(22)12-3-1-4-15(11-12)20-10-2-5-16(20)21/h1,3-4,6-9,11H,2,5,10H2,(H,19,22). The van der Waals surface area contributed by atoms with Crippen LogP contribution < -0.4 is 10.2 Å². The Morgan fingerprint density at radius 2 is 1.91 bits per heavy atom. The Morgan fingerprint density at radius 3 is 2.59 bits per heavy atom. The lowest BCUT2D eigenvalue weighted by Gasteiger charge is -2.16. The first-order chi connectivity index (χ1) is 10.6. The minimum Gasteiger partial charge on any atom is -0.322 e.